The molecule has 0 unspecified atom stereocenters. The highest BCUT2D eigenvalue weighted by molar-refractivity contribution is 5.97. The molecule has 1 saturated heterocycles. The summed E-state index contributed by atoms with van der Waals surface area (Å²) in [6.07, 6.45) is 4.71. The van der Waals surface area contributed by atoms with Gasteiger partial charge in [0.1, 0.15) is 0 Å². The molecule has 5 nitrogen and oxygen atoms in total. The van der Waals surface area contributed by atoms with Gasteiger partial charge in [-0.25, -0.2) is 4.98 Å². The van der Waals surface area contributed by atoms with Crippen molar-refractivity contribution in [3.05, 3.63) is 59.4 Å². The number of aromatic nitrogens is 2. The molecule has 0 bridgehead atoms. The third-order valence-electron chi connectivity index (χ3n) is 5.45. The number of amides is 1. The second-order valence-electron chi connectivity index (χ2n) is 6.98. The summed E-state index contributed by atoms with van der Waals surface area (Å²) < 4.78 is 5.16. The summed E-state index contributed by atoms with van der Waals surface area (Å²) in [5.41, 5.74) is 3.16. The molecular formula is C21H23N3O2. The van der Waals surface area contributed by atoms with E-state index in [0.29, 0.717) is 17.2 Å². The van der Waals surface area contributed by atoms with Crippen molar-refractivity contribution < 1.29 is 9.32 Å². The summed E-state index contributed by atoms with van der Waals surface area (Å²) in [4.78, 5) is 19.5. The lowest BCUT2D eigenvalue weighted by atomic mass is 9.87. The van der Waals surface area contributed by atoms with Gasteiger partial charge in [0, 0.05) is 24.7 Å². The molecule has 0 aliphatic carbocycles. The van der Waals surface area contributed by atoms with Crippen LogP contribution < -0.4 is 0 Å². The molecule has 3 heterocycles. The second-order valence-corrected chi connectivity index (χ2v) is 6.98. The Labute approximate surface area is 153 Å². The van der Waals surface area contributed by atoms with Gasteiger partial charge in [-0.3, -0.25) is 4.79 Å². The van der Waals surface area contributed by atoms with Gasteiger partial charge < -0.3 is 9.42 Å². The molecule has 1 aliphatic rings. The van der Waals surface area contributed by atoms with E-state index in [-0.39, 0.29) is 11.9 Å². The highest BCUT2D eigenvalue weighted by atomic mass is 16.5. The number of benzene rings is 1. The zero-order chi connectivity index (χ0) is 18.1. The number of hydrogen-bond acceptors (Lipinski definition) is 4. The lowest BCUT2D eigenvalue weighted by molar-refractivity contribution is 0.0714. The number of aryl methyl sites for hydroxylation is 1. The summed E-state index contributed by atoms with van der Waals surface area (Å²) in [5, 5.41) is 4.73. The van der Waals surface area contributed by atoms with Crippen molar-refractivity contribution in [2.24, 2.45) is 0 Å². The fraction of sp³-hybridized carbons (Fsp3) is 0.381. The quantitative estimate of drug-likeness (QED) is 0.703. The Morgan fingerprint density at radius 2 is 2.15 bits per heavy atom. The number of pyridine rings is 1. The maximum atomic E-state index is 13.2. The van der Waals surface area contributed by atoms with Crippen LogP contribution in [0.4, 0.5) is 0 Å². The first-order chi connectivity index (χ1) is 12.7. The van der Waals surface area contributed by atoms with Crippen LogP contribution in [0.5, 0.6) is 0 Å². The van der Waals surface area contributed by atoms with Crippen molar-refractivity contribution in [2.45, 2.75) is 45.1 Å². The fourth-order valence-electron chi connectivity index (χ4n) is 4.12. The maximum Gasteiger partial charge on any atom is 0.257 e. The molecule has 5 heteroatoms. The third-order valence-corrected chi connectivity index (χ3v) is 5.45. The highest BCUT2D eigenvalue weighted by Crippen LogP contribution is 2.34. The zero-order valence-corrected chi connectivity index (χ0v) is 15.2. The van der Waals surface area contributed by atoms with Gasteiger partial charge in [-0.1, -0.05) is 42.4 Å². The average Bonchev–Trinajstić information content (AvgIpc) is 3.30. The number of nitrogens with zero attached hydrogens (tertiary/aromatic N) is 3. The number of carbonyl (C=O) groups is 1. The average molecular weight is 349 g/mol. The first kappa shape index (κ1) is 16.8. The molecule has 1 amide bonds. The molecule has 1 aromatic carbocycles. The van der Waals surface area contributed by atoms with E-state index in [0.717, 1.165) is 36.9 Å². The van der Waals surface area contributed by atoms with E-state index in [2.05, 4.69) is 41.3 Å². The van der Waals surface area contributed by atoms with Crippen LogP contribution in [-0.2, 0) is 0 Å². The summed E-state index contributed by atoms with van der Waals surface area (Å²) in [6.45, 7) is 4.86. The van der Waals surface area contributed by atoms with Gasteiger partial charge in [0.15, 0.2) is 0 Å². The van der Waals surface area contributed by atoms with Crippen LogP contribution in [-0.4, -0.2) is 33.5 Å². The Morgan fingerprint density at radius 3 is 2.92 bits per heavy atom. The minimum absolute atomic E-state index is 0.0527. The summed E-state index contributed by atoms with van der Waals surface area (Å²) >= 11 is 0. The maximum absolute atomic E-state index is 13.2. The predicted molar refractivity (Wildman–Crippen MR) is 100 cm³/mol. The van der Waals surface area contributed by atoms with Gasteiger partial charge in [0.05, 0.1) is 16.6 Å². The van der Waals surface area contributed by atoms with E-state index in [1.165, 1.54) is 5.56 Å². The molecule has 2 atom stereocenters. The van der Waals surface area contributed by atoms with Crippen molar-refractivity contribution in [1.82, 2.24) is 15.0 Å². The highest BCUT2D eigenvalue weighted by Gasteiger charge is 2.35. The first-order valence-corrected chi connectivity index (χ1v) is 9.27. The minimum atomic E-state index is 0.0527. The molecule has 1 fully saturated rings. The van der Waals surface area contributed by atoms with Crippen LogP contribution in [0.2, 0.25) is 0 Å². The van der Waals surface area contributed by atoms with Crippen molar-refractivity contribution in [3.8, 4) is 0 Å². The van der Waals surface area contributed by atoms with E-state index < -0.39 is 0 Å². The van der Waals surface area contributed by atoms with Gasteiger partial charge in [0.2, 0.25) is 0 Å². The van der Waals surface area contributed by atoms with Gasteiger partial charge >= 0.3 is 0 Å². The predicted octanol–water partition coefficient (Wildman–Crippen LogP) is 4.33. The minimum Gasteiger partial charge on any atom is -0.336 e. The standard InChI is InChI=1S/C21H23N3O2/c1-3-17(15-8-5-4-6-9-15)19-10-7-11-24(19)21(25)16-12-18-14(2)23-26-20(18)22-13-16/h4-6,8-9,12-13,17,19H,3,7,10-11H2,1-2H3/t17-,19+/m1/s1. The largest absolute Gasteiger partial charge is 0.336 e. The molecule has 134 valence electrons. The Hall–Kier alpha value is -2.69. The van der Waals surface area contributed by atoms with E-state index >= 15 is 0 Å². The molecule has 1 aliphatic heterocycles. The first-order valence-electron chi connectivity index (χ1n) is 9.27. The SMILES string of the molecule is CC[C@H](c1ccccc1)[C@@H]1CCCN1C(=O)c1cnc2onc(C)c2c1. The van der Waals surface area contributed by atoms with Crippen LogP contribution in [0.1, 0.15) is 53.7 Å². The molecule has 2 aromatic heterocycles. The molecule has 0 spiro atoms. The van der Waals surface area contributed by atoms with Crippen LogP contribution in [0.25, 0.3) is 11.1 Å². The Kier molecular flexibility index (Phi) is 4.45. The van der Waals surface area contributed by atoms with Crippen molar-refractivity contribution in [2.75, 3.05) is 6.54 Å². The molecular weight excluding hydrogens is 326 g/mol. The number of likely N-dealkylation sites (tertiary alicyclic amines) is 1. The fourth-order valence-corrected chi connectivity index (χ4v) is 4.12. The molecule has 26 heavy (non-hydrogen) atoms. The summed E-state index contributed by atoms with van der Waals surface area (Å²) in [7, 11) is 0. The second kappa shape index (κ2) is 6.90. The lowest BCUT2D eigenvalue weighted by Crippen LogP contribution is -2.39. The number of carbonyl (C=O) groups excluding carboxylic acids is 1. The smallest absolute Gasteiger partial charge is 0.257 e. The molecule has 0 N–H and O–H groups in total. The molecule has 0 saturated carbocycles. The molecule has 3 aromatic rings. The van der Waals surface area contributed by atoms with Crippen LogP contribution >= 0.6 is 0 Å². The van der Waals surface area contributed by atoms with Gasteiger partial charge in [-0.05, 0) is 37.8 Å². The molecule has 4 rings (SSSR count). The van der Waals surface area contributed by atoms with Gasteiger partial charge in [-0.2, -0.15) is 0 Å². The van der Waals surface area contributed by atoms with Gasteiger partial charge in [0.25, 0.3) is 11.6 Å². The number of fused-ring (bicyclic) bond motifs is 1. The monoisotopic (exact) mass is 349 g/mol. The van der Waals surface area contributed by atoms with E-state index in [1.54, 1.807) is 6.20 Å². The third kappa shape index (κ3) is 2.87. The Morgan fingerprint density at radius 1 is 1.35 bits per heavy atom. The normalized spacial score (nSPS) is 18.4. The van der Waals surface area contributed by atoms with Crippen LogP contribution in [0.15, 0.2) is 47.1 Å². The van der Waals surface area contributed by atoms with Crippen LogP contribution in [0.3, 0.4) is 0 Å². The number of hydrogen-bond donors (Lipinski definition) is 0. The zero-order valence-electron chi connectivity index (χ0n) is 15.2. The summed E-state index contributed by atoms with van der Waals surface area (Å²) in [5.74, 6) is 0.411. The van der Waals surface area contributed by atoms with Crippen molar-refractivity contribution in [3.63, 3.8) is 0 Å². The van der Waals surface area contributed by atoms with E-state index in [4.69, 9.17) is 4.52 Å². The van der Waals surface area contributed by atoms with Crippen LogP contribution in [0, 0.1) is 6.92 Å². The van der Waals surface area contributed by atoms with Crippen molar-refractivity contribution in [1.29, 1.82) is 0 Å². The Bertz CT molecular complexity index is 919. The van der Waals surface area contributed by atoms with Crippen molar-refractivity contribution >= 4 is 17.0 Å². The van der Waals surface area contributed by atoms with Gasteiger partial charge in [-0.15, -0.1) is 0 Å². The lowest BCUT2D eigenvalue weighted by Gasteiger charge is -2.31. The number of rotatable bonds is 4. The Balaban J connectivity index is 1.64. The van der Waals surface area contributed by atoms with E-state index in [9.17, 15) is 4.79 Å². The topological polar surface area (TPSA) is 59.2 Å². The summed E-state index contributed by atoms with van der Waals surface area (Å²) in [6, 6.07) is 12.6. The van der Waals surface area contributed by atoms with E-state index in [1.807, 2.05) is 24.0 Å². The molecule has 0 radical (unpaired) electrons.